The van der Waals surface area contributed by atoms with Gasteiger partial charge in [0.2, 0.25) is 0 Å². The summed E-state index contributed by atoms with van der Waals surface area (Å²) in [4.78, 5) is 0. The molecule has 0 N–H and O–H groups in total. The molecule has 0 aliphatic heterocycles. The quantitative estimate of drug-likeness (QED) is 0.234. The van der Waals surface area contributed by atoms with Gasteiger partial charge in [0.05, 0.1) is 5.41 Å². The van der Waals surface area contributed by atoms with Gasteiger partial charge in [0.25, 0.3) is 0 Å². The molecule has 3 aliphatic rings. The summed E-state index contributed by atoms with van der Waals surface area (Å²) in [6.07, 6.45) is 5.88. The molecule has 0 amide bonds. The lowest BCUT2D eigenvalue weighted by atomic mass is 9.67. The average molecular weight is 485 g/mol. The van der Waals surface area contributed by atoms with E-state index in [0.717, 1.165) is 6.42 Å². The molecule has 0 nitrogen and oxygen atoms in total. The molecule has 5 aromatic carbocycles. The Balaban J connectivity index is 1.36. The lowest BCUT2D eigenvalue weighted by molar-refractivity contribution is 0.630. The number of rotatable bonds is 2. The van der Waals surface area contributed by atoms with Crippen LogP contribution in [-0.4, -0.2) is 0 Å². The first-order valence-corrected chi connectivity index (χ1v) is 13.7. The molecule has 8 rings (SSSR count). The van der Waals surface area contributed by atoms with E-state index in [4.69, 9.17) is 0 Å². The van der Waals surface area contributed by atoms with Crippen LogP contribution in [0.5, 0.6) is 0 Å². The molecule has 0 radical (unpaired) electrons. The normalized spacial score (nSPS) is 17.8. The monoisotopic (exact) mass is 484 g/mol. The van der Waals surface area contributed by atoms with Crippen molar-refractivity contribution in [3.63, 3.8) is 0 Å². The van der Waals surface area contributed by atoms with Gasteiger partial charge in [0, 0.05) is 0 Å². The van der Waals surface area contributed by atoms with Crippen molar-refractivity contribution < 1.29 is 0 Å². The highest BCUT2D eigenvalue weighted by molar-refractivity contribution is 5.97. The average Bonchev–Trinajstić information content (AvgIpc) is 3.44. The summed E-state index contributed by atoms with van der Waals surface area (Å²) >= 11 is 0. The number of allylic oxidation sites excluding steroid dienone is 4. The zero-order valence-electron chi connectivity index (χ0n) is 21.5. The highest BCUT2D eigenvalue weighted by Crippen LogP contribution is 2.64. The summed E-state index contributed by atoms with van der Waals surface area (Å²) in [5.74, 6) is 0.532. The molecule has 0 saturated heterocycles. The minimum absolute atomic E-state index is 0.225. The third-order valence-corrected chi connectivity index (χ3v) is 8.89. The molecule has 0 saturated carbocycles. The summed E-state index contributed by atoms with van der Waals surface area (Å²) in [6, 6.07) is 45.1. The zero-order chi connectivity index (χ0) is 25.3. The highest BCUT2D eigenvalue weighted by atomic mass is 14.5. The van der Waals surface area contributed by atoms with Crippen molar-refractivity contribution >= 4 is 5.57 Å². The van der Waals surface area contributed by atoms with Crippen LogP contribution in [0.25, 0.3) is 39.0 Å². The van der Waals surface area contributed by atoms with E-state index in [1.54, 1.807) is 5.57 Å². The summed E-state index contributed by atoms with van der Waals surface area (Å²) in [7, 11) is 0. The predicted octanol–water partition coefficient (Wildman–Crippen LogP) is 9.70. The Hall–Kier alpha value is -4.42. The smallest absolute Gasteiger partial charge is 0.0688 e. The molecule has 0 aromatic heterocycles. The molecule has 0 bridgehead atoms. The van der Waals surface area contributed by atoms with E-state index < -0.39 is 0 Å². The van der Waals surface area contributed by atoms with Gasteiger partial charge in [0.1, 0.15) is 0 Å². The second-order valence-electron chi connectivity index (χ2n) is 11.0. The summed E-state index contributed by atoms with van der Waals surface area (Å²) in [5, 5.41) is 0. The van der Waals surface area contributed by atoms with Crippen LogP contribution in [0.1, 0.15) is 35.6 Å². The van der Waals surface area contributed by atoms with Gasteiger partial charge >= 0.3 is 0 Å². The molecule has 180 valence electrons. The van der Waals surface area contributed by atoms with E-state index in [2.05, 4.69) is 140 Å². The first kappa shape index (κ1) is 21.6. The minimum Gasteiger partial charge on any atom is -0.0808 e. The fraction of sp³-hybridized carbons (Fsp3) is 0.105. The maximum atomic E-state index is 2.49. The minimum atomic E-state index is -0.225. The molecule has 0 fully saturated rings. The van der Waals surface area contributed by atoms with Crippen molar-refractivity contribution in [1.29, 1.82) is 0 Å². The Bertz CT molecular complexity index is 1730. The van der Waals surface area contributed by atoms with Gasteiger partial charge in [-0.3, -0.25) is 0 Å². The van der Waals surface area contributed by atoms with Crippen LogP contribution in [0, 0.1) is 5.92 Å². The third kappa shape index (κ3) is 2.86. The Morgan fingerprint density at radius 2 is 1.08 bits per heavy atom. The molecular formula is C38H28. The summed E-state index contributed by atoms with van der Waals surface area (Å²) < 4.78 is 0. The van der Waals surface area contributed by atoms with E-state index in [1.165, 1.54) is 61.2 Å². The molecule has 5 aromatic rings. The third-order valence-electron chi connectivity index (χ3n) is 8.89. The van der Waals surface area contributed by atoms with E-state index in [0.29, 0.717) is 5.92 Å². The van der Waals surface area contributed by atoms with Gasteiger partial charge in [-0.1, -0.05) is 134 Å². The van der Waals surface area contributed by atoms with Gasteiger partial charge in [0.15, 0.2) is 0 Å². The Labute approximate surface area is 224 Å². The Morgan fingerprint density at radius 3 is 1.76 bits per heavy atom. The second-order valence-corrected chi connectivity index (χ2v) is 11.0. The van der Waals surface area contributed by atoms with Crippen LogP contribution < -0.4 is 0 Å². The van der Waals surface area contributed by atoms with Crippen LogP contribution in [-0.2, 0) is 5.41 Å². The lowest BCUT2D eigenvalue weighted by Crippen LogP contribution is -2.28. The molecule has 1 atom stereocenters. The molecule has 38 heavy (non-hydrogen) atoms. The van der Waals surface area contributed by atoms with Crippen molar-refractivity contribution in [3.05, 3.63) is 161 Å². The van der Waals surface area contributed by atoms with Crippen LogP contribution in [0.15, 0.2) is 139 Å². The number of hydrogen-bond donors (Lipinski definition) is 0. The van der Waals surface area contributed by atoms with E-state index in [-0.39, 0.29) is 5.41 Å². The molecule has 3 aliphatic carbocycles. The van der Waals surface area contributed by atoms with Gasteiger partial charge in [-0.15, -0.1) is 0 Å². The van der Waals surface area contributed by atoms with Gasteiger partial charge in [-0.25, -0.2) is 0 Å². The fourth-order valence-electron chi connectivity index (χ4n) is 7.24. The number of hydrogen-bond acceptors (Lipinski definition) is 0. The van der Waals surface area contributed by atoms with Crippen molar-refractivity contribution in [2.75, 3.05) is 0 Å². The van der Waals surface area contributed by atoms with Crippen LogP contribution in [0.3, 0.4) is 0 Å². The molecule has 1 spiro atoms. The van der Waals surface area contributed by atoms with Crippen LogP contribution in [0.4, 0.5) is 0 Å². The van der Waals surface area contributed by atoms with E-state index in [9.17, 15) is 0 Å². The van der Waals surface area contributed by atoms with Gasteiger partial charge in [-0.2, -0.15) is 0 Å². The van der Waals surface area contributed by atoms with E-state index >= 15 is 0 Å². The maximum absolute atomic E-state index is 2.49. The Kier molecular flexibility index (Phi) is 4.58. The highest BCUT2D eigenvalue weighted by Gasteiger charge is 2.52. The fourth-order valence-corrected chi connectivity index (χ4v) is 7.24. The van der Waals surface area contributed by atoms with Crippen LogP contribution >= 0.6 is 0 Å². The van der Waals surface area contributed by atoms with Gasteiger partial charge < -0.3 is 0 Å². The number of benzene rings is 5. The second kappa shape index (κ2) is 8.04. The van der Waals surface area contributed by atoms with E-state index in [1.807, 2.05) is 0 Å². The summed E-state index contributed by atoms with van der Waals surface area (Å²) in [6.45, 7) is 2.35. The molecule has 0 heterocycles. The van der Waals surface area contributed by atoms with Crippen molar-refractivity contribution in [2.45, 2.75) is 18.8 Å². The predicted molar refractivity (Wildman–Crippen MR) is 159 cm³/mol. The first-order chi connectivity index (χ1) is 18.7. The van der Waals surface area contributed by atoms with Crippen LogP contribution in [0.2, 0.25) is 0 Å². The van der Waals surface area contributed by atoms with Crippen molar-refractivity contribution in [2.24, 2.45) is 5.92 Å². The zero-order valence-corrected chi connectivity index (χ0v) is 21.5. The largest absolute Gasteiger partial charge is 0.0808 e. The molecule has 0 heteroatoms. The van der Waals surface area contributed by atoms with Gasteiger partial charge in [-0.05, 0) is 85.2 Å². The van der Waals surface area contributed by atoms with Crippen molar-refractivity contribution in [1.82, 2.24) is 0 Å². The SMILES string of the molecule is CC1C=CC2=C(C1)C1(c3cc(-c4ccc(-c5ccccc5)cc4)ccc32)c2ccccc2-c2ccccc21. The maximum Gasteiger partial charge on any atom is 0.0688 e. The molecular weight excluding hydrogens is 456 g/mol. The van der Waals surface area contributed by atoms with Crippen molar-refractivity contribution in [3.8, 4) is 33.4 Å². The first-order valence-electron chi connectivity index (χ1n) is 13.7. The molecule has 1 unspecified atom stereocenters. The Morgan fingerprint density at radius 1 is 0.526 bits per heavy atom. The summed E-state index contributed by atoms with van der Waals surface area (Å²) in [5.41, 5.74) is 16.3. The standard InChI is InChI=1S/C38H28/c1-25-15-21-32-33-22-20-29(28-18-16-27(17-19-28)26-9-3-2-4-10-26)24-37(33)38(36(32)23-25)34-13-7-5-11-30(34)31-12-6-8-14-35(31)38/h2-22,24-25H,23H2,1H3. The topological polar surface area (TPSA) is 0 Å². The number of fused-ring (bicyclic) bond motifs is 9. The lowest BCUT2D eigenvalue weighted by Gasteiger charge is -2.34.